The van der Waals surface area contributed by atoms with Crippen molar-refractivity contribution in [2.75, 3.05) is 26.2 Å². The topological polar surface area (TPSA) is 59.3 Å². The maximum atomic E-state index is 9.62. The van der Waals surface area contributed by atoms with Gasteiger partial charge < -0.3 is 10.4 Å². The van der Waals surface area contributed by atoms with E-state index in [0.29, 0.717) is 6.42 Å². The van der Waals surface area contributed by atoms with E-state index in [1.807, 2.05) is 6.07 Å². The van der Waals surface area contributed by atoms with Crippen molar-refractivity contribution in [1.29, 1.82) is 5.26 Å². The Hall–Kier alpha value is -0.510. The molecule has 4 nitrogen and oxygen atoms in total. The van der Waals surface area contributed by atoms with E-state index in [-0.39, 0.29) is 36.6 Å². The van der Waals surface area contributed by atoms with E-state index in [2.05, 4.69) is 32.2 Å². The average molecular weight is 383 g/mol. The van der Waals surface area contributed by atoms with Crippen molar-refractivity contribution in [1.82, 2.24) is 10.2 Å². The molecule has 1 atom stereocenters. The fourth-order valence-corrected chi connectivity index (χ4v) is 2.81. The van der Waals surface area contributed by atoms with E-state index in [4.69, 9.17) is 5.26 Å². The summed E-state index contributed by atoms with van der Waals surface area (Å²) in [5.41, 5.74) is 0.985. The van der Waals surface area contributed by atoms with Gasteiger partial charge in [0, 0.05) is 36.7 Å². The van der Waals surface area contributed by atoms with E-state index >= 15 is 0 Å². The van der Waals surface area contributed by atoms with Crippen LogP contribution < -0.4 is 5.32 Å². The number of nitrogens with zero attached hydrogens (tertiary/aromatic N) is 2. The first-order chi connectivity index (χ1) is 8.72. The van der Waals surface area contributed by atoms with Gasteiger partial charge in [0.2, 0.25) is 0 Å². The summed E-state index contributed by atoms with van der Waals surface area (Å²) in [6.45, 7) is 3.74. The summed E-state index contributed by atoms with van der Waals surface area (Å²) in [6.07, 6.45) is 0.433. The molecule has 1 saturated heterocycles. The first-order valence-corrected chi connectivity index (χ1v) is 6.82. The molecule has 20 heavy (non-hydrogen) atoms. The van der Waals surface area contributed by atoms with E-state index in [0.717, 1.165) is 36.2 Å². The van der Waals surface area contributed by atoms with Crippen molar-refractivity contribution in [2.24, 2.45) is 0 Å². The maximum Gasteiger partial charge on any atom is 0.115 e. The van der Waals surface area contributed by atoms with Crippen LogP contribution in [0.1, 0.15) is 18.0 Å². The third-order valence-corrected chi connectivity index (χ3v) is 3.94. The second-order valence-electron chi connectivity index (χ2n) is 4.37. The van der Waals surface area contributed by atoms with Crippen molar-refractivity contribution in [3.63, 3.8) is 0 Å². The van der Waals surface area contributed by atoms with Crippen molar-refractivity contribution < 1.29 is 5.11 Å². The number of piperazine rings is 1. The number of hydrogen-bond acceptors (Lipinski definition) is 4. The molecule has 1 heterocycles. The molecule has 0 amide bonds. The lowest BCUT2D eigenvalue weighted by Crippen LogP contribution is -2.45. The van der Waals surface area contributed by atoms with Gasteiger partial charge in [0.1, 0.15) is 5.75 Å². The summed E-state index contributed by atoms with van der Waals surface area (Å²) in [7, 11) is 0. The highest BCUT2D eigenvalue weighted by Gasteiger charge is 2.23. The fourth-order valence-electron chi connectivity index (χ4n) is 2.30. The summed E-state index contributed by atoms with van der Waals surface area (Å²) < 4.78 is 0.944. The normalized spacial score (nSPS) is 16.4. The highest BCUT2D eigenvalue weighted by molar-refractivity contribution is 9.10. The summed E-state index contributed by atoms with van der Waals surface area (Å²) in [5, 5.41) is 21.9. The molecule has 1 aromatic rings. The SMILES string of the molecule is Cl.Cl.N#CC[C@H](c1cc(O)ccc1Br)N1CCNCC1. The van der Waals surface area contributed by atoms with Crippen LogP contribution in [0.2, 0.25) is 0 Å². The Kier molecular flexibility index (Phi) is 9.19. The molecule has 0 spiro atoms. The zero-order valence-corrected chi connectivity index (χ0v) is 14.1. The highest BCUT2D eigenvalue weighted by Crippen LogP contribution is 2.32. The van der Waals surface area contributed by atoms with E-state index in [9.17, 15) is 5.11 Å². The van der Waals surface area contributed by atoms with Crippen LogP contribution in [-0.4, -0.2) is 36.2 Å². The fraction of sp³-hybridized carbons (Fsp3) is 0.462. The van der Waals surface area contributed by atoms with Crippen LogP contribution in [0.15, 0.2) is 22.7 Å². The molecule has 2 rings (SSSR count). The number of hydrogen-bond donors (Lipinski definition) is 2. The third kappa shape index (κ3) is 4.80. The minimum Gasteiger partial charge on any atom is -0.508 e. The van der Waals surface area contributed by atoms with Crippen molar-refractivity contribution in [2.45, 2.75) is 12.5 Å². The van der Waals surface area contributed by atoms with Gasteiger partial charge in [0.25, 0.3) is 0 Å². The summed E-state index contributed by atoms with van der Waals surface area (Å²) in [4.78, 5) is 2.29. The number of nitrogens with one attached hydrogen (secondary N) is 1. The first kappa shape index (κ1) is 19.5. The van der Waals surface area contributed by atoms with E-state index < -0.39 is 0 Å². The Morgan fingerprint density at radius 3 is 2.60 bits per heavy atom. The Bertz CT molecular complexity index is 461. The molecule has 0 radical (unpaired) electrons. The number of halogens is 3. The molecule has 0 aliphatic carbocycles. The molecular formula is C13H18BrCl2N3O. The number of aromatic hydroxyl groups is 1. The maximum absolute atomic E-state index is 9.62. The van der Waals surface area contributed by atoms with Crippen LogP contribution >= 0.6 is 40.7 Å². The first-order valence-electron chi connectivity index (χ1n) is 6.02. The molecule has 1 aromatic carbocycles. The van der Waals surface area contributed by atoms with Gasteiger partial charge in [-0.05, 0) is 23.8 Å². The second-order valence-corrected chi connectivity index (χ2v) is 5.22. The van der Waals surface area contributed by atoms with Gasteiger partial charge in [-0.15, -0.1) is 24.8 Å². The smallest absolute Gasteiger partial charge is 0.115 e. The minimum atomic E-state index is 0. The molecular weight excluding hydrogens is 365 g/mol. The largest absolute Gasteiger partial charge is 0.508 e. The van der Waals surface area contributed by atoms with Crippen molar-refractivity contribution in [3.05, 3.63) is 28.2 Å². The predicted molar refractivity (Wildman–Crippen MR) is 87.7 cm³/mol. The standard InChI is InChI=1S/C13H16BrN3O.2ClH/c14-12-2-1-10(18)9-11(12)13(3-4-15)17-7-5-16-6-8-17;;/h1-2,9,13,16,18H,3,5-8H2;2*1H/t13-;;/m1../s1. The minimum absolute atomic E-state index is 0. The molecule has 112 valence electrons. The van der Waals surface area contributed by atoms with Crippen LogP contribution in [0, 0.1) is 11.3 Å². The van der Waals surface area contributed by atoms with Gasteiger partial charge in [-0.1, -0.05) is 15.9 Å². The molecule has 0 saturated carbocycles. The zero-order valence-electron chi connectivity index (χ0n) is 10.9. The van der Waals surface area contributed by atoms with Gasteiger partial charge >= 0.3 is 0 Å². The Labute approximate surface area is 140 Å². The van der Waals surface area contributed by atoms with Crippen molar-refractivity contribution in [3.8, 4) is 11.8 Å². The zero-order chi connectivity index (χ0) is 13.0. The summed E-state index contributed by atoms with van der Waals surface area (Å²) >= 11 is 3.50. The lowest BCUT2D eigenvalue weighted by atomic mass is 10.0. The van der Waals surface area contributed by atoms with Crippen LogP contribution in [0.25, 0.3) is 0 Å². The molecule has 7 heteroatoms. The average Bonchev–Trinajstić information content (AvgIpc) is 2.40. The number of phenolic OH excluding ortho intramolecular Hbond substituents is 1. The number of rotatable bonds is 3. The molecule has 0 unspecified atom stereocenters. The van der Waals surface area contributed by atoms with E-state index in [1.165, 1.54) is 0 Å². The van der Waals surface area contributed by atoms with Gasteiger partial charge in [-0.2, -0.15) is 5.26 Å². The van der Waals surface area contributed by atoms with Crippen molar-refractivity contribution >= 4 is 40.7 Å². The van der Waals surface area contributed by atoms with Gasteiger partial charge in [-0.25, -0.2) is 0 Å². The lowest BCUT2D eigenvalue weighted by molar-refractivity contribution is 0.175. The van der Waals surface area contributed by atoms with Gasteiger partial charge in [-0.3, -0.25) is 4.90 Å². The van der Waals surface area contributed by atoms with Crippen LogP contribution in [0.4, 0.5) is 0 Å². The number of benzene rings is 1. The van der Waals surface area contributed by atoms with Crippen LogP contribution in [-0.2, 0) is 0 Å². The van der Waals surface area contributed by atoms with Crippen LogP contribution in [0.3, 0.4) is 0 Å². The quantitative estimate of drug-likeness (QED) is 0.843. The number of phenols is 1. The second kappa shape index (κ2) is 9.43. The molecule has 1 fully saturated rings. The molecule has 0 bridgehead atoms. The summed E-state index contributed by atoms with van der Waals surface area (Å²) in [6, 6.07) is 7.51. The summed E-state index contributed by atoms with van der Waals surface area (Å²) in [5.74, 6) is 0.242. The predicted octanol–water partition coefficient (Wildman–Crippen LogP) is 2.86. The monoisotopic (exact) mass is 381 g/mol. The van der Waals surface area contributed by atoms with Crippen LogP contribution in [0.5, 0.6) is 5.75 Å². The molecule has 1 aliphatic rings. The Morgan fingerprint density at radius 1 is 1.35 bits per heavy atom. The lowest BCUT2D eigenvalue weighted by Gasteiger charge is -2.34. The van der Waals surface area contributed by atoms with E-state index in [1.54, 1.807) is 12.1 Å². The Morgan fingerprint density at radius 2 is 2.00 bits per heavy atom. The molecule has 2 N–H and O–H groups in total. The highest BCUT2D eigenvalue weighted by atomic mass is 79.9. The molecule has 1 aliphatic heterocycles. The van der Waals surface area contributed by atoms with Gasteiger partial charge in [0.15, 0.2) is 0 Å². The third-order valence-electron chi connectivity index (χ3n) is 3.22. The molecule has 0 aromatic heterocycles. The number of nitriles is 1. The van der Waals surface area contributed by atoms with Gasteiger partial charge in [0.05, 0.1) is 12.5 Å². The Balaban J connectivity index is 0.00000180.